The Bertz CT molecular complexity index is 2190. The van der Waals surface area contributed by atoms with Gasteiger partial charge in [-0.2, -0.15) is 0 Å². The van der Waals surface area contributed by atoms with E-state index in [1.165, 1.54) is 5.56 Å². The summed E-state index contributed by atoms with van der Waals surface area (Å²) in [5.74, 6) is 2.54. The minimum Gasteiger partial charge on any atom is -0.457 e. The summed E-state index contributed by atoms with van der Waals surface area (Å²) in [5, 5.41) is 0. The van der Waals surface area contributed by atoms with Gasteiger partial charge in [-0.25, -0.2) is 0 Å². The number of ketones is 2. The van der Waals surface area contributed by atoms with Gasteiger partial charge in [-0.3, -0.25) is 9.59 Å². The number of carbonyl (C=O) groups excluding carboxylic acids is 2. The van der Waals surface area contributed by atoms with Crippen LogP contribution in [-0.2, 0) is 10.8 Å². The first kappa shape index (κ1) is 32.4. The summed E-state index contributed by atoms with van der Waals surface area (Å²) in [7, 11) is 0. The summed E-state index contributed by atoms with van der Waals surface area (Å²) in [4.78, 5) is 27.0. The first-order chi connectivity index (χ1) is 24.0. The summed E-state index contributed by atoms with van der Waals surface area (Å²) in [6.45, 7) is 6.71. The SMILES string of the molecule is CC1(C)CC(C)(c2ccc(C(=O)c3ccc(Oc4ccc(N)cc4)cc3)cc2)c2ccc(C(=O)c3ccc(Oc4ccc(N)cc4)cc3)cc21. The Kier molecular flexibility index (Phi) is 8.24. The molecule has 0 fully saturated rings. The van der Waals surface area contributed by atoms with Crippen molar-refractivity contribution < 1.29 is 19.1 Å². The molecule has 0 amide bonds. The van der Waals surface area contributed by atoms with Gasteiger partial charge in [-0.05, 0) is 132 Å². The number of nitrogens with two attached hydrogens (primary N) is 2. The van der Waals surface area contributed by atoms with Crippen molar-refractivity contribution in [2.75, 3.05) is 11.5 Å². The lowest BCUT2D eigenvalue weighted by atomic mass is 9.75. The zero-order valence-corrected chi connectivity index (χ0v) is 28.3. The number of hydrogen-bond acceptors (Lipinski definition) is 6. The van der Waals surface area contributed by atoms with Crippen LogP contribution in [0.15, 0.2) is 140 Å². The molecule has 1 aliphatic rings. The van der Waals surface area contributed by atoms with Crippen LogP contribution in [0.2, 0.25) is 0 Å². The van der Waals surface area contributed by atoms with E-state index < -0.39 is 0 Å². The van der Waals surface area contributed by atoms with Crippen molar-refractivity contribution in [2.45, 2.75) is 38.0 Å². The second kappa shape index (κ2) is 12.7. The maximum Gasteiger partial charge on any atom is 0.193 e. The smallest absolute Gasteiger partial charge is 0.193 e. The van der Waals surface area contributed by atoms with Gasteiger partial charge in [0.2, 0.25) is 0 Å². The highest BCUT2D eigenvalue weighted by atomic mass is 16.5. The lowest BCUT2D eigenvalue weighted by Crippen LogP contribution is -2.23. The highest BCUT2D eigenvalue weighted by Crippen LogP contribution is 2.53. The number of rotatable bonds is 9. The van der Waals surface area contributed by atoms with Crippen molar-refractivity contribution in [3.8, 4) is 23.0 Å². The minimum atomic E-state index is -0.288. The summed E-state index contributed by atoms with van der Waals surface area (Å²) in [5.41, 5.74) is 18.4. The Hall–Kier alpha value is -6.14. The zero-order chi connectivity index (χ0) is 35.0. The molecule has 0 aromatic heterocycles. The van der Waals surface area contributed by atoms with Crippen LogP contribution >= 0.6 is 0 Å². The highest BCUT2D eigenvalue weighted by molar-refractivity contribution is 6.09. The van der Waals surface area contributed by atoms with Gasteiger partial charge in [0.25, 0.3) is 0 Å². The number of nitrogen functional groups attached to an aromatic ring is 2. The average Bonchev–Trinajstić information content (AvgIpc) is 3.35. The van der Waals surface area contributed by atoms with Crippen molar-refractivity contribution in [1.29, 1.82) is 0 Å². The normalized spacial score (nSPS) is 16.0. The van der Waals surface area contributed by atoms with Crippen molar-refractivity contribution in [1.82, 2.24) is 0 Å². The van der Waals surface area contributed by atoms with E-state index in [4.69, 9.17) is 20.9 Å². The number of hydrogen-bond donors (Lipinski definition) is 2. The Labute approximate surface area is 292 Å². The molecule has 0 aliphatic heterocycles. The summed E-state index contributed by atoms with van der Waals surface area (Å²) >= 11 is 0. The van der Waals surface area contributed by atoms with Crippen LogP contribution in [0.4, 0.5) is 11.4 Å². The Balaban J connectivity index is 1.07. The summed E-state index contributed by atoms with van der Waals surface area (Å²) in [6.07, 6.45) is 0.868. The molecule has 4 N–H and O–H groups in total. The molecule has 7 rings (SSSR count). The van der Waals surface area contributed by atoms with Gasteiger partial charge < -0.3 is 20.9 Å². The maximum absolute atomic E-state index is 13.6. The van der Waals surface area contributed by atoms with Gasteiger partial charge in [-0.15, -0.1) is 0 Å². The van der Waals surface area contributed by atoms with Crippen LogP contribution in [0.3, 0.4) is 0 Å². The predicted octanol–water partition coefficient (Wildman–Crippen LogP) is 9.88. The fraction of sp³-hybridized carbons (Fsp3) is 0.136. The lowest BCUT2D eigenvalue weighted by Gasteiger charge is -2.28. The third kappa shape index (κ3) is 6.36. The first-order valence-electron chi connectivity index (χ1n) is 16.6. The molecule has 6 nitrogen and oxygen atoms in total. The van der Waals surface area contributed by atoms with E-state index in [9.17, 15) is 9.59 Å². The van der Waals surface area contributed by atoms with E-state index in [1.54, 1.807) is 84.9 Å². The Morgan fingerprint density at radius 2 is 0.840 bits per heavy atom. The predicted molar refractivity (Wildman–Crippen MR) is 199 cm³/mol. The zero-order valence-electron chi connectivity index (χ0n) is 28.3. The molecule has 0 saturated heterocycles. The van der Waals surface area contributed by atoms with E-state index in [-0.39, 0.29) is 22.4 Å². The number of benzene rings is 6. The van der Waals surface area contributed by atoms with Gasteiger partial charge in [0, 0.05) is 39.0 Å². The van der Waals surface area contributed by atoms with E-state index in [2.05, 4.69) is 45.0 Å². The van der Waals surface area contributed by atoms with E-state index in [0.29, 0.717) is 56.6 Å². The monoisotopic (exact) mass is 658 g/mol. The standard InChI is InChI=1S/C44H38N2O4/c1-43(2)27-44(3,32-11-4-28(5-12-32)41(47)29-6-17-35(18-7-29)49-37-21-13-33(45)14-22-37)39-25-10-31(26-40(39)43)42(48)30-8-19-36(20-9-30)50-38-23-15-34(46)16-24-38/h4-26H,27,45-46H2,1-3H3. The van der Waals surface area contributed by atoms with E-state index in [1.807, 2.05) is 30.3 Å². The van der Waals surface area contributed by atoms with Crippen molar-refractivity contribution in [2.24, 2.45) is 0 Å². The van der Waals surface area contributed by atoms with Crippen molar-refractivity contribution in [3.63, 3.8) is 0 Å². The maximum atomic E-state index is 13.6. The van der Waals surface area contributed by atoms with Gasteiger partial charge in [0.1, 0.15) is 23.0 Å². The average molecular weight is 659 g/mol. The van der Waals surface area contributed by atoms with E-state index in [0.717, 1.165) is 17.5 Å². The molecule has 6 aromatic rings. The summed E-state index contributed by atoms with van der Waals surface area (Å²) in [6, 6.07) is 42.7. The Morgan fingerprint density at radius 1 is 0.480 bits per heavy atom. The first-order valence-corrected chi connectivity index (χ1v) is 16.6. The van der Waals surface area contributed by atoms with Crippen LogP contribution in [0.5, 0.6) is 23.0 Å². The van der Waals surface area contributed by atoms with Gasteiger partial charge in [0.15, 0.2) is 11.6 Å². The van der Waals surface area contributed by atoms with Crippen molar-refractivity contribution >= 4 is 22.9 Å². The molecular formula is C44H38N2O4. The third-order valence-corrected chi connectivity index (χ3v) is 9.65. The molecule has 0 radical (unpaired) electrons. The van der Waals surface area contributed by atoms with Crippen LogP contribution in [0.1, 0.15) is 75.7 Å². The largest absolute Gasteiger partial charge is 0.457 e. The number of carbonyl (C=O) groups is 2. The minimum absolute atomic E-state index is 0.0380. The van der Waals surface area contributed by atoms with Gasteiger partial charge in [0.05, 0.1) is 0 Å². The lowest BCUT2D eigenvalue weighted by molar-refractivity contribution is 0.103. The molecule has 1 aliphatic carbocycles. The number of anilines is 2. The van der Waals surface area contributed by atoms with Crippen LogP contribution in [0, 0.1) is 0 Å². The molecule has 248 valence electrons. The number of ether oxygens (including phenoxy) is 2. The second-order valence-electron chi connectivity index (χ2n) is 13.8. The molecule has 50 heavy (non-hydrogen) atoms. The van der Waals surface area contributed by atoms with Gasteiger partial charge in [-0.1, -0.05) is 57.2 Å². The topological polar surface area (TPSA) is 105 Å². The van der Waals surface area contributed by atoms with Gasteiger partial charge >= 0.3 is 0 Å². The summed E-state index contributed by atoms with van der Waals surface area (Å²) < 4.78 is 11.8. The molecule has 1 unspecified atom stereocenters. The molecule has 0 saturated carbocycles. The quantitative estimate of drug-likeness (QED) is 0.118. The van der Waals surface area contributed by atoms with Crippen molar-refractivity contribution in [3.05, 3.63) is 178 Å². The number of fused-ring (bicyclic) bond motifs is 1. The molecule has 6 heteroatoms. The molecule has 1 atom stereocenters. The van der Waals surface area contributed by atoms with Crippen LogP contribution in [-0.4, -0.2) is 11.6 Å². The molecular weight excluding hydrogens is 620 g/mol. The third-order valence-electron chi connectivity index (χ3n) is 9.65. The van der Waals surface area contributed by atoms with E-state index >= 15 is 0 Å². The van der Waals surface area contributed by atoms with Crippen LogP contribution in [0.25, 0.3) is 0 Å². The fourth-order valence-electron chi connectivity index (χ4n) is 7.07. The molecule has 0 heterocycles. The second-order valence-corrected chi connectivity index (χ2v) is 13.8. The molecule has 0 spiro atoms. The highest BCUT2D eigenvalue weighted by Gasteiger charge is 2.46. The molecule has 6 aromatic carbocycles. The molecule has 0 bridgehead atoms. The fourth-order valence-corrected chi connectivity index (χ4v) is 7.07. The Morgan fingerprint density at radius 3 is 1.28 bits per heavy atom. The van der Waals surface area contributed by atoms with Crippen LogP contribution < -0.4 is 20.9 Å².